The molecule has 0 aliphatic heterocycles. The van der Waals surface area contributed by atoms with Gasteiger partial charge in [-0.15, -0.1) is 0 Å². The number of aromatic nitrogens is 2. The summed E-state index contributed by atoms with van der Waals surface area (Å²) in [6.07, 6.45) is 4.62. The Bertz CT molecular complexity index is 635. The first-order valence-corrected chi connectivity index (χ1v) is 9.22. The monoisotopic (exact) mass is 375 g/mol. The molecule has 1 aromatic heterocycles. The molecule has 2 rings (SSSR count). The minimum absolute atomic E-state index is 0.784. The van der Waals surface area contributed by atoms with E-state index >= 15 is 0 Å². The van der Waals surface area contributed by atoms with Crippen molar-refractivity contribution in [2.24, 2.45) is 0 Å². The molecule has 0 aliphatic carbocycles. The molecule has 2 aromatic rings. The summed E-state index contributed by atoms with van der Waals surface area (Å²) in [5, 5.41) is 0. The predicted octanol–water partition coefficient (Wildman–Crippen LogP) is 5.75. The van der Waals surface area contributed by atoms with Gasteiger partial charge in [0.15, 0.2) is 0 Å². The molecule has 1 heterocycles. The lowest BCUT2D eigenvalue weighted by Gasteiger charge is -2.24. The lowest BCUT2D eigenvalue weighted by Crippen LogP contribution is -2.21. The number of benzene rings is 1. The van der Waals surface area contributed by atoms with E-state index in [1.807, 2.05) is 19.9 Å². The van der Waals surface area contributed by atoms with Crippen molar-refractivity contribution >= 4 is 27.6 Å². The van der Waals surface area contributed by atoms with Gasteiger partial charge in [0.25, 0.3) is 0 Å². The van der Waals surface area contributed by atoms with Gasteiger partial charge in [-0.25, -0.2) is 9.97 Å². The fraction of sp³-hybridized carbons (Fsp3) is 0.474. The van der Waals surface area contributed by atoms with Crippen LogP contribution in [-0.2, 0) is 6.42 Å². The van der Waals surface area contributed by atoms with E-state index in [1.165, 1.54) is 18.4 Å². The highest BCUT2D eigenvalue weighted by molar-refractivity contribution is 9.10. The molecule has 3 nitrogen and oxygen atoms in total. The molecule has 0 amide bonds. The van der Waals surface area contributed by atoms with Crippen molar-refractivity contribution in [1.29, 1.82) is 0 Å². The molecule has 0 fully saturated rings. The van der Waals surface area contributed by atoms with Crippen LogP contribution in [0.15, 0.2) is 28.7 Å². The molecule has 4 heteroatoms. The summed E-state index contributed by atoms with van der Waals surface area (Å²) in [4.78, 5) is 11.5. The third-order valence-electron chi connectivity index (χ3n) is 3.78. The summed E-state index contributed by atoms with van der Waals surface area (Å²) in [6.45, 7) is 9.34. The van der Waals surface area contributed by atoms with Crippen molar-refractivity contribution in [1.82, 2.24) is 9.97 Å². The molecule has 0 saturated carbocycles. The Kier molecular flexibility index (Phi) is 6.58. The van der Waals surface area contributed by atoms with Crippen LogP contribution >= 0.6 is 15.9 Å². The molecule has 0 bridgehead atoms. The van der Waals surface area contributed by atoms with Gasteiger partial charge in [-0.05, 0) is 72.8 Å². The second-order valence-corrected chi connectivity index (χ2v) is 6.85. The number of rotatable bonds is 7. The van der Waals surface area contributed by atoms with Gasteiger partial charge in [-0.1, -0.05) is 26.3 Å². The quantitative estimate of drug-likeness (QED) is 0.616. The smallest absolute Gasteiger partial charge is 0.230 e. The minimum Gasteiger partial charge on any atom is -0.309 e. The molecular weight excluding hydrogens is 350 g/mol. The highest BCUT2D eigenvalue weighted by Gasteiger charge is 2.15. The van der Waals surface area contributed by atoms with E-state index in [9.17, 15) is 0 Å². The summed E-state index contributed by atoms with van der Waals surface area (Å²) in [5.74, 6) is 0.784. The lowest BCUT2D eigenvalue weighted by molar-refractivity contribution is 0.793. The minimum atomic E-state index is 0.784. The van der Waals surface area contributed by atoms with Gasteiger partial charge in [0.2, 0.25) is 5.95 Å². The van der Waals surface area contributed by atoms with Crippen LogP contribution in [0.1, 0.15) is 50.1 Å². The zero-order valence-electron chi connectivity index (χ0n) is 14.6. The second-order valence-electron chi connectivity index (χ2n) is 5.99. The van der Waals surface area contributed by atoms with Crippen molar-refractivity contribution in [2.75, 3.05) is 11.4 Å². The zero-order valence-corrected chi connectivity index (χ0v) is 16.2. The van der Waals surface area contributed by atoms with Gasteiger partial charge in [0, 0.05) is 22.4 Å². The fourth-order valence-electron chi connectivity index (χ4n) is 2.69. The Balaban J connectivity index is 2.37. The van der Waals surface area contributed by atoms with Gasteiger partial charge in [0.1, 0.15) is 0 Å². The van der Waals surface area contributed by atoms with Gasteiger partial charge in [0.05, 0.1) is 5.69 Å². The van der Waals surface area contributed by atoms with Gasteiger partial charge < -0.3 is 4.90 Å². The number of anilines is 2. The molecule has 124 valence electrons. The van der Waals surface area contributed by atoms with Gasteiger partial charge >= 0.3 is 0 Å². The first kappa shape index (κ1) is 17.9. The maximum atomic E-state index is 4.64. The van der Waals surface area contributed by atoms with E-state index in [-0.39, 0.29) is 0 Å². The first-order valence-electron chi connectivity index (χ1n) is 8.43. The summed E-state index contributed by atoms with van der Waals surface area (Å²) in [5.41, 5.74) is 4.52. The van der Waals surface area contributed by atoms with Crippen LogP contribution in [0.25, 0.3) is 0 Å². The van der Waals surface area contributed by atoms with E-state index in [2.05, 4.69) is 62.8 Å². The molecule has 0 N–H and O–H groups in total. The summed E-state index contributed by atoms with van der Waals surface area (Å²) < 4.78 is 1.11. The van der Waals surface area contributed by atoms with Crippen LogP contribution in [0.2, 0.25) is 0 Å². The second kappa shape index (κ2) is 8.44. The lowest BCUT2D eigenvalue weighted by atomic mass is 10.1. The average molecular weight is 376 g/mol. The Labute approximate surface area is 148 Å². The van der Waals surface area contributed by atoms with Crippen molar-refractivity contribution < 1.29 is 0 Å². The van der Waals surface area contributed by atoms with Gasteiger partial charge in [-0.3, -0.25) is 0 Å². The predicted molar refractivity (Wildman–Crippen MR) is 102 cm³/mol. The van der Waals surface area contributed by atoms with Crippen LogP contribution in [0.5, 0.6) is 0 Å². The Morgan fingerprint density at radius 1 is 1.00 bits per heavy atom. The average Bonchev–Trinajstić information content (AvgIpc) is 2.50. The molecule has 1 aromatic carbocycles. The van der Waals surface area contributed by atoms with E-state index in [4.69, 9.17) is 0 Å². The zero-order chi connectivity index (χ0) is 16.8. The summed E-state index contributed by atoms with van der Waals surface area (Å²) >= 11 is 3.75. The fourth-order valence-corrected chi connectivity index (χ4v) is 3.33. The summed E-state index contributed by atoms with van der Waals surface area (Å²) in [7, 11) is 0. The number of aryl methyl sites for hydroxylation is 3. The number of hydrogen-bond donors (Lipinski definition) is 0. The first-order chi connectivity index (χ1) is 11.0. The molecular formula is C19H26BrN3. The Morgan fingerprint density at radius 2 is 1.70 bits per heavy atom. The third-order valence-corrected chi connectivity index (χ3v) is 4.42. The highest BCUT2D eigenvalue weighted by atomic mass is 79.9. The molecule has 23 heavy (non-hydrogen) atoms. The normalized spacial score (nSPS) is 10.8. The van der Waals surface area contributed by atoms with E-state index < -0.39 is 0 Å². The number of halogens is 1. The van der Waals surface area contributed by atoms with Crippen LogP contribution in [0.3, 0.4) is 0 Å². The maximum absolute atomic E-state index is 4.64. The standard InChI is InChI=1S/C19H26BrN3/c1-5-7-8-16-9-10-18(17(20)13-16)23(11-6-2)19-21-14(3)12-15(4)22-19/h9-10,12-13H,5-8,11H2,1-4H3. The van der Waals surface area contributed by atoms with Crippen LogP contribution in [0.4, 0.5) is 11.6 Å². The molecule has 0 saturated heterocycles. The maximum Gasteiger partial charge on any atom is 0.230 e. The van der Waals surface area contributed by atoms with Crippen LogP contribution in [0, 0.1) is 13.8 Å². The summed E-state index contributed by atoms with van der Waals surface area (Å²) in [6, 6.07) is 8.65. The Hall–Kier alpha value is -1.42. The van der Waals surface area contributed by atoms with Crippen molar-refractivity contribution in [3.05, 3.63) is 45.7 Å². The Morgan fingerprint density at radius 3 is 2.26 bits per heavy atom. The topological polar surface area (TPSA) is 29.0 Å². The SMILES string of the molecule is CCCCc1ccc(N(CCC)c2nc(C)cc(C)n2)c(Br)c1. The molecule has 0 radical (unpaired) electrons. The van der Waals surface area contributed by atoms with E-state index in [1.54, 1.807) is 0 Å². The largest absolute Gasteiger partial charge is 0.309 e. The highest BCUT2D eigenvalue weighted by Crippen LogP contribution is 2.32. The van der Waals surface area contributed by atoms with Crippen molar-refractivity contribution in [3.8, 4) is 0 Å². The van der Waals surface area contributed by atoms with Gasteiger partial charge in [-0.2, -0.15) is 0 Å². The number of hydrogen-bond acceptors (Lipinski definition) is 3. The molecule has 0 atom stereocenters. The third kappa shape index (κ3) is 4.77. The number of unbranched alkanes of at least 4 members (excludes halogenated alkanes) is 1. The molecule has 0 spiro atoms. The van der Waals surface area contributed by atoms with E-state index in [0.29, 0.717) is 0 Å². The van der Waals surface area contributed by atoms with Crippen molar-refractivity contribution in [3.63, 3.8) is 0 Å². The number of nitrogens with zero attached hydrogens (tertiary/aromatic N) is 3. The molecule has 0 unspecified atom stereocenters. The molecule has 0 aliphatic rings. The van der Waals surface area contributed by atoms with E-state index in [0.717, 1.165) is 46.9 Å². The van der Waals surface area contributed by atoms with Crippen LogP contribution < -0.4 is 4.90 Å². The van der Waals surface area contributed by atoms with Crippen LogP contribution in [-0.4, -0.2) is 16.5 Å². The van der Waals surface area contributed by atoms with Crippen molar-refractivity contribution in [2.45, 2.75) is 53.4 Å².